The number of hydrogen-bond acceptors (Lipinski definition) is 8. The summed E-state index contributed by atoms with van der Waals surface area (Å²) in [6.45, 7) is 3.57. The van der Waals surface area contributed by atoms with E-state index in [4.69, 9.17) is 14.2 Å². The van der Waals surface area contributed by atoms with Crippen LogP contribution in [0, 0.1) is 0 Å². The lowest BCUT2D eigenvalue weighted by molar-refractivity contribution is -0.134. The first-order valence-corrected chi connectivity index (χ1v) is 13.4. The smallest absolute Gasteiger partial charge is 0.338 e. The minimum absolute atomic E-state index is 0.103. The van der Waals surface area contributed by atoms with Crippen LogP contribution in [0.3, 0.4) is 0 Å². The first kappa shape index (κ1) is 28.6. The van der Waals surface area contributed by atoms with E-state index in [0.29, 0.717) is 0 Å². The summed E-state index contributed by atoms with van der Waals surface area (Å²) in [5.41, 5.74) is 0.181. The molecule has 1 aromatic rings. The quantitative estimate of drug-likeness (QED) is 0.241. The van der Waals surface area contributed by atoms with Crippen molar-refractivity contribution in [1.82, 2.24) is 0 Å². The van der Waals surface area contributed by atoms with Gasteiger partial charge >= 0.3 is 17.9 Å². The van der Waals surface area contributed by atoms with Crippen molar-refractivity contribution >= 4 is 43.2 Å². The number of carbonyl (C=O) groups excluding carboxylic acids is 3. The van der Waals surface area contributed by atoms with Crippen molar-refractivity contribution in [3.63, 3.8) is 0 Å². The molecule has 190 valence electrons. The summed E-state index contributed by atoms with van der Waals surface area (Å²) in [6.07, 6.45) is 11.1. The van der Waals surface area contributed by atoms with Gasteiger partial charge in [-0.3, -0.25) is 9.59 Å². The molecule has 0 bridgehead atoms. The molecule has 1 fully saturated rings. The molecular weight excluding hydrogens is 472 g/mol. The summed E-state index contributed by atoms with van der Waals surface area (Å²) in [4.78, 5) is 37.3. The highest BCUT2D eigenvalue weighted by Crippen LogP contribution is 2.27. The van der Waals surface area contributed by atoms with Gasteiger partial charge in [-0.05, 0) is 37.8 Å². The molecule has 2 atom stereocenters. The molecule has 0 aromatic heterocycles. The maximum absolute atomic E-state index is 13.0. The molecule has 1 aliphatic rings. The molecule has 0 radical (unpaired) electrons. The third kappa shape index (κ3) is 11.6. The van der Waals surface area contributed by atoms with Crippen molar-refractivity contribution in [2.45, 2.75) is 108 Å². The van der Waals surface area contributed by atoms with Crippen LogP contribution in [0.25, 0.3) is 0 Å². The Morgan fingerprint density at radius 1 is 0.765 bits per heavy atom. The monoisotopic (exact) mass is 510 g/mol. The molecule has 8 heteroatoms. The third-order valence-electron chi connectivity index (χ3n) is 5.58. The van der Waals surface area contributed by atoms with Gasteiger partial charge in [0, 0.05) is 16.6 Å². The number of thiol groups is 2. The van der Waals surface area contributed by atoms with E-state index in [1.807, 2.05) is 0 Å². The van der Waals surface area contributed by atoms with Crippen LogP contribution in [-0.4, -0.2) is 34.5 Å². The standard InChI is InChI=1S/C26H38O6S2/c1-18(33)13-24(27)30-22-15-20(16-23(17-22)31-25(28)14-19(2)34)26(29)32-21-11-9-7-5-3-4-6-8-10-12-21/h15-19,21,33-34H,3-14H2,1-2H3. The molecule has 0 heterocycles. The molecular formula is C26H38O6S2. The number of esters is 3. The van der Waals surface area contributed by atoms with E-state index in [1.54, 1.807) is 13.8 Å². The van der Waals surface area contributed by atoms with E-state index >= 15 is 0 Å². The van der Waals surface area contributed by atoms with Gasteiger partial charge in [-0.1, -0.05) is 52.4 Å². The Bertz CT molecular complexity index is 754. The highest BCUT2D eigenvalue weighted by atomic mass is 32.1. The molecule has 0 saturated heterocycles. The largest absolute Gasteiger partial charge is 0.459 e. The van der Waals surface area contributed by atoms with Crippen LogP contribution in [-0.2, 0) is 14.3 Å². The van der Waals surface area contributed by atoms with Crippen LogP contribution in [0.15, 0.2) is 18.2 Å². The highest BCUT2D eigenvalue weighted by Gasteiger charge is 2.20. The summed E-state index contributed by atoms with van der Waals surface area (Å²) in [7, 11) is 0. The molecule has 2 unspecified atom stereocenters. The second kappa shape index (κ2) is 15.4. The van der Waals surface area contributed by atoms with Crippen LogP contribution < -0.4 is 9.47 Å². The lowest BCUT2D eigenvalue weighted by atomic mass is 10.1. The molecule has 0 spiro atoms. The predicted octanol–water partition coefficient (Wildman–Crippen LogP) is 6.35. The van der Waals surface area contributed by atoms with Gasteiger partial charge in [0.05, 0.1) is 18.4 Å². The molecule has 0 N–H and O–H groups in total. The van der Waals surface area contributed by atoms with Crippen molar-refractivity contribution in [3.8, 4) is 11.5 Å². The van der Waals surface area contributed by atoms with E-state index in [-0.39, 0.29) is 46.5 Å². The fourth-order valence-electron chi connectivity index (χ4n) is 3.92. The Kier molecular flexibility index (Phi) is 12.9. The Morgan fingerprint density at radius 3 is 1.59 bits per heavy atom. The third-order valence-corrected chi connectivity index (χ3v) is 5.94. The summed E-state index contributed by atoms with van der Waals surface area (Å²) in [6, 6.07) is 4.33. The molecule has 1 aliphatic carbocycles. The average Bonchev–Trinajstić information content (AvgIpc) is 2.78. The van der Waals surface area contributed by atoms with E-state index in [9.17, 15) is 14.4 Å². The van der Waals surface area contributed by atoms with Crippen LogP contribution >= 0.6 is 25.3 Å². The van der Waals surface area contributed by atoms with Gasteiger partial charge in [-0.15, -0.1) is 0 Å². The zero-order valence-electron chi connectivity index (χ0n) is 20.3. The highest BCUT2D eigenvalue weighted by molar-refractivity contribution is 7.81. The molecule has 0 amide bonds. The molecule has 0 aliphatic heterocycles. The van der Waals surface area contributed by atoms with Gasteiger partial charge in [-0.25, -0.2) is 4.79 Å². The molecule has 34 heavy (non-hydrogen) atoms. The molecule has 1 saturated carbocycles. The van der Waals surface area contributed by atoms with Crippen molar-refractivity contribution in [2.75, 3.05) is 0 Å². The first-order valence-electron chi connectivity index (χ1n) is 12.4. The van der Waals surface area contributed by atoms with Gasteiger partial charge in [0.1, 0.15) is 17.6 Å². The molecule has 2 rings (SSSR count). The number of hydrogen-bond donors (Lipinski definition) is 2. The summed E-state index contributed by atoms with van der Waals surface area (Å²) in [5.74, 6) is -1.24. The van der Waals surface area contributed by atoms with E-state index in [1.165, 1.54) is 43.9 Å². The van der Waals surface area contributed by atoms with Crippen molar-refractivity contribution < 1.29 is 28.6 Å². The lowest BCUT2D eigenvalue weighted by Crippen LogP contribution is -2.19. The fourth-order valence-corrected chi connectivity index (χ4v) is 4.22. The first-order chi connectivity index (χ1) is 16.2. The maximum atomic E-state index is 13.0. The van der Waals surface area contributed by atoms with Gasteiger partial charge in [0.15, 0.2) is 0 Å². The van der Waals surface area contributed by atoms with Crippen molar-refractivity contribution in [2.24, 2.45) is 0 Å². The van der Waals surface area contributed by atoms with E-state index in [2.05, 4.69) is 25.3 Å². The van der Waals surface area contributed by atoms with Crippen molar-refractivity contribution in [1.29, 1.82) is 0 Å². The Hall–Kier alpha value is -1.67. The predicted molar refractivity (Wildman–Crippen MR) is 139 cm³/mol. The maximum Gasteiger partial charge on any atom is 0.338 e. The van der Waals surface area contributed by atoms with E-state index in [0.717, 1.165) is 38.5 Å². The number of ether oxygens (including phenoxy) is 3. The van der Waals surface area contributed by atoms with Crippen LogP contribution in [0.1, 0.15) is 101 Å². The van der Waals surface area contributed by atoms with Gasteiger partial charge in [-0.2, -0.15) is 25.3 Å². The summed E-state index contributed by atoms with van der Waals surface area (Å²) >= 11 is 8.43. The minimum Gasteiger partial charge on any atom is -0.459 e. The lowest BCUT2D eigenvalue weighted by Gasteiger charge is -2.18. The topological polar surface area (TPSA) is 78.9 Å². The van der Waals surface area contributed by atoms with E-state index < -0.39 is 17.9 Å². The molecule has 1 aromatic carbocycles. The van der Waals surface area contributed by atoms with Gasteiger partial charge < -0.3 is 14.2 Å². The Labute approximate surface area is 214 Å². The Balaban J connectivity index is 2.17. The van der Waals surface area contributed by atoms with Crippen LogP contribution in [0.5, 0.6) is 11.5 Å². The minimum atomic E-state index is -0.514. The summed E-state index contributed by atoms with van der Waals surface area (Å²) < 4.78 is 16.6. The zero-order chi connectivity index (χ0) is 24.9. The normalized spacial score (nSPS) is 17.6. The second-order valence-electron chi connectivity index (χ2n) is 9.18. The zero-order valence-corrected chi connectivity index (χ0v) is 22.1. The Morgan fingerprint density at radius 2 is 1.18 bits per heavy atom. The number of benzene rings is 1. The van der Waals surface area contributed by atoms with Crippen LogP contribution in [0.2, 0.25) is 0 Å². The van der Waals surface area contributed by atoms with Gasteiger partial charge in [0.2, 0.25) is 0 Å². The number of rotatable bonds is 8. The average molecular weight is 511 g/mol. The number of carbonyl (C=O) groups is 3. The fraction of sp³-hybridized carbons (Fsp3) is 0.654. The van der Waals surface area contributed by atoms with Crippen LogP contribution in [0.4, 0.5) is 0 Å². The van der Waals surface area contributed by atoms with Crippen molar-refractivity contribution in [3.05, 3.63) is 23.8 Å². The SMILES string of the molecule is CC(S)CC(=O)Oc1cc(OC(=O)CC(C)S)cc(C(=O)OC2CCCCCCCCCC2)c1. The second-order valence-corrected chi connectivity index (χ2v) is 10.9. The summed E-state index contributed by atoms with van der Waals surface area (Å²) in [5, 5.41) is -0.349. The van der Waals surface area contributed by atoms with Gasteiger partial charge in [0.25, 0.3) is 0 Å². The molecule has 6 nitrogen and oxygen atoms in total.